The van der Waals surface area contributed by atoms with Gasteiger partial charge in [-0.1, -0.05) is 12.1 Å². The van der Waals surface area contributed by atoms with Crippen molar-refractivity contribution in [2.75, 3.05) is 0 Å². The first-order chi connectivity index (χ1) is 8.58. The smallest absolute Gasteiger partial charge is 0.328 e. The molecule has 0 saturated carbocycles. The summed E-state index contributed by atoms with van der Waals surface area (Å²) < 4.78 is 18.9. The first kappa shape index (κ1) is 12.0. The molecule has 0 aliphatic carbocycles. The Labute approximate surface area is 102 Å². The summed E-state index contributed by atoms with van der Waals surface area (Å²) in [7, 11) is 0. The minimum absolute atomic E-state index is 0.00769. The molecule has 0 unspecified atom stereocenters. The average Bonchev–Trinajstić information content (AvgIpc) is 2.78. The molecule has 0 atom stereocenters. The van der Waals surface area contributed by atoms with Crippen molar-refractivity contribution in [2.24, 2.45) is 0 Å². The number of rotatable bonds is 3. The Hall–Kier alpha value is -2.50. The predicted molar refractivity (Wildman–Crippen MR) is 61.1 cm³/mol. The minimum Gasteiger partial charge on any atom is -0.478 e. The van der Waals surface area contributed by atoms with Gasteiger partial charge in [0.25, 0.3) is 5.89 Å². The maximum absolute atomic E-state index is 13.8. The quantitative estimate of drug-likeness (QED) is 0.843. The van der Waals surface area contributed by atoms with Gasteiger partial charge in [0, 0.05) is 12.2 Å². The Morgan fingerprint density at radius 1 is 1.44 bits per heavy atom. The van der Waals surface area contributed by atoms with E-state index in [2.05, 4.69) is 10.2 Å². The molecular weight excluding hydrogens is 239 g/mol. The second-order valence-corrected chi connectivity index (χ2v) is 3.55. The summed E-state index contributed by atoms with van der Waals surface area (Å²) in [6.07, 6.45) is 2.01. The normalized spacial score (nSPS) is 11.0. The summed E-state index contributed by atoms with van der Waals surface area (Å²) in [5, 5.41) is 15.7. The molecule has 0 saturated heterocycles. The third kappa shape index (κ3) is 2.42. The summed E-state index contributed by atoms with van der Waals surface area (Å²) in [5.74, 6) is -1.54. The van der Waals surface area contributed by atoms with Crippen LogP contribution in [0.1, 0.15) is 11.5 Å². The van der Waals surface area contributed by atoms with Crippen LogP contribution in [0, 0.1) is 12.7 Å². The number of carboxylic acids is 1. The Balaban J connectivity index is 2.35. The van der Waals surface area contributed by atoms with Crippen LogP contribution in [0.5, 0.6) is 0 Å². The van der Waals surface area contributed by atoms with Crippen LogP contribution in [0.3, 0.4) is 0 Å². The van der Waals surface area contributed by atoms with Gasteiger partial charge in [0.1, 0.15) is 5.82 Å². The van der Waals surface area contributed by atoms with E-state index in [1.165, 1.54) is 6.07 Å². The number of hydrogen-bond donors (Lipinski definition) is 1. The van der Waals surface area contributed by atoms with Crippen molar-refractivity contribution in [2.45, 2.75) is 6.92 Å². The fourth-order valence-corrected chi connectivity index (χ4v) is 1.37. The lowest BCUT2D eigenvalue weighted by Gasteiger charge is -1.99. The van der Waals surface area contributed by atoms with Crippen molar-refractivity contribution < 1.29 is 18.7 Å². The first-order valence-electron chi connectivity index (χ1n) is 5.08. The number of aromatic nitrogens is 2. The fraction of sp³-hybridized carbons (Fsp3) is 0.0833. The zero-order valence-electron chi connectivity index (χ0n) is 9.42. The van der Waals surface area contributed by atoms with Crippen molar-refractivity contribution >= 4 is 12.0 Å². The van der Waals surface area contributed by atoms with Crippen LogP contribution in [-0.2, 0) is 4.79 Å². The molecule has 1 aromatic carbocycles. The highest BCUT2D eigenvalue weighted by Crippen LogP contribution is 2.23. The minimum atomic E-state index is -1.13. The molecule has 1 heterocycles. The third-order valence-electron chi connectivity index (χ3n) is 2.23. The highest BCUT2D eigenvalue weighted by atomic mass is 19.1. The number of aliphatic carboxylic acids is 1. The Morgan fingerprint density at radius 3 is 2.94 bits per heavy atom. The maximum atomic E-state index is 13.8. The maximum Gasteiger partial charge on any atom is 0.328 e. The zero-order chi connectivity index (χ0) is 13.1. The molecule has 0 aliphatic rings. The molecule has 1 aromatic heterocycles. The summed E-state index contributed by atoms with van der Waals surface area (Å²) in [6.45, 7) is 1.63. The molecule has 0 bridgehead atoms. The van der Waals surface area contributed by atoms with Gasteiger partial charge in [0.2, 0.25) is 5.89 Å². The second kappa shape index (κ2) is 4.79. The van der Waals surface area contributed by atoms with E-state index in [0.29, 0.717) is 5.56 Å². The summed E-state index contributed by atoms with van der Waals surface area (Å²) in [6, 6.07) is 4.81. The van der Waals surface area contributed by atoms with E-state index in [9.17, 15) is 9.18 Å². The van der Waals surface area contributed by atoms with Crippen LogP contribution in [0.4, 0.5) is 4.39 Å². The molecule has 0 radical (unpaired) electrons. The predicted octanol–water partition coefficient (Wildman–Crippen LogP) is 2.28. The second-order valence-electron chi connectivity index (χ2n) is 3.55. The summed E-state index contributed by atoms with van der Waals surface area (Å²) in [4.78, 5) is 10.3. The van der Waals surface area contributed by atoms with Gasteiger partial charge >= 0.3 is 5.97 Å². The van der Waals surface area contributed by atoms with E-state index in [4.69, 9.17) is 9.52 Å². The molecule has 2 rings (SSSR count). The third-order valence-corrected chi connectivity index (χ3v) is 2.23. The van der Waals surface area contributed by atoms with Gasteiger partial charge in [-0.2, -0.15) is 0 Å². The van der Waals surface area contributed by atoms with Crippen LogP contribution in [0.25, 0.3) is 17.5 Å². The average molecular weight is 248 g/mol. The lowest BCUT2D eigenvalue weighted by atomic mass is 10.1. The highest BCUT2D eigenvalue weighted by Gasteiger charge is 2.13. The van der Waals surface area contributed by atoms with Gasteiger partial charge < -0.3 is 9.52 Å². The number of hydrogen-bond acceptors (Lipinski definition) is 4. The van der Waals surface area contributed by atoms with E-state index < -0.39 is 11.8 Å². The van der Waals surface area contributed by atoms with Crippen LogP contribution in [0.2, 0.25) is 0 Å². The molecule has 5 nitrogen and oxygen atoms in total. The molecule has 18 heavy (non-hydrogen) atoms. The van der Waals surface area contributed by atoms with Crippen molar-refractivity contribution in [3.8, 4) is 11.5 Å². The van der Waals surface area contributed by atoms with E-state index >= 15 is 0 Å². The van der Waals surface area contributed by atoms with Crippen LogP contribution >= 0.6 is 0 Å². The van der Waals surface area contributed by atoms with Gasteiger partial charge in [0.05, 0.1) is 5.56 Å². The van der Waals surface area contributed by atoms with Crippen LogP contribution in [-0.4, -0.2) is 21.3 Å². The molecule has 0 spiro atoms. The van der Waals surface area contributed by atoms with Gasteiger partial charge in [-0.3, -0.25) is 0 Å². The fourth-order valence-electron chi connectivity index (χ4n) is 1.37. The van der Waals surface area contributed by atoms with Gasteiger partial charge in [-0.15, -0.1) is 10.2 Å². The van der Waals surface area contributed by atoms with E-state index in [0.717, 1.165) is 12.2 Å². The number of benzene rings is 1. The number of nitrogens with zero attached hydrogens (tertiary/aromatic N) is 2. The van der Waals surface area contributed by atoms with E-state index in [1.807, 2.05) is 0 Å². The molecule has 0 fully saturated rings. The molecule has 6 heteroatoms. The SMILES string of the molecule is Cc1cccc(-c2nnc(/C=C/C(=O)O)o2)c1F. The lowest BCUT2D eigenvalue weighted by molar-refractivity contribution is -0.131. The molecule has 0 amide bonds. The molecule has 92 valence electrons. The Kier molecular flexibility index (Phi) is 3.18. The Morgan fingerprint density at radius 2 is 2.22 bits per heavy atom. The standard InChI is InChI=1S/C12H9FN2O3/c1-7-3-2-4-8(11(7)13)12-15-14-9(18-12)5-6-10(16)17/h2-6H,1H3,(H,16,17)/b6-5+. The zero-order valence-corrected chi connectivity index (χ0v) is 9.42. The van der Waals surface area contributed by atoms with Crippen molar-refractivity contribution in [1.29, 1.82) is 0 Å². The lowest BCUT2D eigenvalue weighted by Crippen LogP contribution is -1.87. The molecule has 1 N–H and O–H groups in total. The van der Waals surface area contributed by atoms with E-state index in [1.54, 1.807) is 19.1 Å². The Bertz CT molecular complexity index is 620. The van der Waals surface area contributed by atoms with Gasteiger partial charge in [-0.05, 0) is 18.6 Å². The number of carbonyl (C=O) groups is 1. The van der Waals surface area contributed by atoms with Gasteiger partial charge in [0.15, 0.2) is 0 Å². The largest absolute Gasteiger partial charge is 0.478 e. The van der Waals surface area contributed by atoms with Crippen molar-refractivity contribution in [3.05, 3.63) is 41.5 Å². The number of aryl methyl sites for hydroxylation is 1. The van der Waals surface area contributed by atoms with Crippen LogP contribution in [0.15, 0.2) is 28.7 Å². The summed E-state index contributed by atoms with van der Waals surface area (Å²) in [5.41, 5.74) is 0.658. The molecular formula is C12H9FN2O3. The first-order valence-corrected chi connectivity index (χ1v) is 5.08. The number of halogens is 1. The summed E-state index contributed by atoms with van der Waals surface area (Å²) >= 11 is 0. The molecule has 2 aromatic rings. The topological polar surface area (TPSA) is 76.2 Å². The molecule has 0 aliphatic heterocycles. The monoisotopic (exact) mass is 248 g/mol. The van der Waals surface area contributed by atoms with Crippen molar-refractivity contribution in [3.63, 3.8) is 0 Å². The van der Waals surface area contributed by atoms with Crippen LogP contribution < -0.4 is 0 Å². The highest BCUT2D eigenvalue weighted by molar-refractivity contribution is 5.84. The van der Waals surface area contributed by atoms with Gasteiger partial charge in [-0.25, -0.2) is 9.18 Å². The van der Waals surface area contributed by atoms with E-state index in [-0.39, 0.29) is 17.3 Å². The number of carboxylic acid groups (broad SMARTS) is 1. The van der Waals surface area contributed by atoms with Crippen molar-refractivity contribution in [1.82, 2.24) is 10.2 Å².